The van der Waals surface area contributed by atoms with Crippen LogP contribution in [0.5, 0.6) is 0 Å². The molecule has 0 unspecified atom stereocenters. The molecule has 2 aromatic carbocycles. The number of anilines is 1. The lowest BCUT2D eigenvalue weighted by molar-refractivity contribution is 0.102. The molecule has 0 aliphatic heterocycles. The van der Waals surface area contributed by atoms with Crippen LogP contribution in [0.15, 0.2) is 42.5 Å². The highest BCUT2D eigenvalue weighted by Crippen LogP contribution is 2.23. The molecule has 2 aromatic rings. The quantitative estimate of drug-likeness (QED) is 0.801. The summed E-state index contributed by atoms with van der Waals surface area (Å²) in [6, 6.07) is 12.9. The molecule has 1 N–H and O–H groups in total. The zero-order valence-corrected chi connectivity index (χ0v) is 12.8. The number of rotatable bonds is 3. The van der Waals surface area contributed by atoms with Crippen LogP contribution in [0.3, 0.4) is 0 Å². The van der Waals surface area contributed by atoms with Crippen molar-refractivity contribution in [3.05, 3.63) is 64.2 Å². The second-order valence-corrected chi connectivity index (χ2v) is 5.17. The Balaban J connectivity index is 2.18. The highest BCUT2D eigenvalue weighted by atomic mass is 79.9. The van der Waals surface area contributed by atoms with Gasteiger partial charge in [0.2, 0.25) is 0 Å². The summed E-state index contributed by atoms with van der Waals surface area (Å²) in [6.45, 7) is 1.88. The minimum atomic E-state index is -0.133. The molecule has 0 saturated heterocycles. The van der Waals surface area contributed by atoms with Crippen molar-refractivity contribution in [3.8, 4) is 0 Å². The van der Waals surface area contributed by atoms with Crippen LogP contribution in [0.25, 0.3) is 0 Å². The number of amides is 1. The smallest absolute Gasteiger partial charge is 0.255 e. The predicted molar refractivity (Wildman–Crippen MR) is 83.2 cm³/mol. The number of nitrogens with one attached hydrogen (secondary N) is 1. The number of halogens is 2. The van der Waals surface area contributed by atoms with Gasteiger partial charge in [-0.1, -0.05) is 45.7 Å². The van der Waals surface area contributed by atoms with Crippen LogP contribution in [0.2, 0.25) is 5.02 Å². The number of carbonyl (C=O) groups excluding carboxylic acids is 1. The maximum atomic E-state index is 12.1. The zero-order chi connectivity index (χ0) is 13.8. The molecular formula is C15H13BrClNO. The summed E-state index contributed by atoms with van der Waals surface area (Å²) in [5, 5.41) is 4.30. The van der Waals surface area contributed by atoms with Gasteiger partial charge < -0.3 is 5.32 Å². The summed E-state index contributed by atoms with van der Waals surface area (Å²) in [5.74, 6) is -0.133. The van der Waals surface area contributed by atoms with Crippen molar-refractivity contribution >= 4 is 39.1 Å². The number of hydrogen-bond donors (Lipinski definition) is 1. The Morgan fingerprint density at radius 1 is 1.21 bits per heavy atom. The van der Waals surface area contributed by atoms with Gasteiger partial charge in [0.05, 0.1) is 0 Å². The van der Waals surface area contributed by atoms with E-state index in [1.54, 1.807) is 6.07 Å². The number of alkyl halides is 1. The molecule has 0 aliphatic carbocycles. The minimum absolute atomic E-state index is 0.133. The molecule has 0 heterocycles. The molecule has 0 bridgehead atoms. The predicted octanol–water partition coefficient (Wildman–Crippen LogP) is 4.80. The van der Waals surface area contributed by atoms with E-state index in [0.717, 1.165) is 22.1 Å². The normalized spacial score (nSPS) is 10.3. The lowest BCUT2D eigenvalue weighted by Gasteiger charge is -2.09. The van der Waals surface area contributed by atoms with Gasteiger partial charge in [-0.25, -0.2) is 0 Å². The van der Waals surface area contributed by atoms with E-state index in [9.17, 15) is 4.79 Å². The van der Waals surface area contributed by atoms with Gasteiger partial charge in [-0.15, -0.1) is 0 Å². The molecule has 4 heteroatoms. The third kappa shape index (κ3) is 3.37. The zero-order valence-electron chi connectivity index (χ0n) is 10.4. The maximum absolute atomic E-state index is 12.1. The van der Waals surface area contributed by atoms with Crippen LogP contribution in [-0.4, -0.2) is 5.91 Å². The topological polar surface area (TPSA) is 29.1 Å². The third-order valence-corrected chi connectivity index (χ3v) is 3.94. The van der Waals surface area contributed by atoms with Crippen molar-refractivity contribution in [2.75, 3.05) is 5.32 Å². The monoisotopic (exact) mass is 337 g/mol. The van der Waals surface area contributed by atoms with Gasteiger partial charge in [0, 0.05) is 21.6 Å². The molecule has 2 nitrogen and oxygen atoms in total. The molecule has 0 spiro atoms. The number of hydrogen-bond acceptors (Lipinski definition) is 1. The van der Waals surface area contributed by atoms with Gasteiger partial charge in [0.15, 0.2) is 0 Å². The van der Waals surface area contributed by atoms with Crippen molar-refractivity contribution in [3.63, 3.8) is 0 Å². The fourth-order valence-corrected chi connectivity index (χ4v) is 2.23. The molecule has 0 saturated carbocycles. The molecule has 98 valence electrons. The molecule has 0 aliphatic rings. The van der Waals surface area contributed by atoms with Crippen molar-refractivity contribution in [1.82, 2.24) is 0 Å². The lowest BCUT2D eigenvalue weighted by atomic mass is 10.1. The first-order valence-corrected chi connectivity index (χ1v) is 7.33. The Bertz CT molecular complexity index is 596. The first-order chi connectivity index (χ1) is 9.11. The van der Waals surface area contributed by atoms with E-state index in [1.807, 2.05) is 43.3 Å². The van der Waals surface area contributed by atoms with Gasteiger partial charge in [-0.3, -0.25) is 4.79 Å². The minimum Gasteiger partial charge on any atom is -0.322 e. The van der Waals surface area contributed by atoms with E-state index in [0.29, 0.717) is 10.6 Å². The van der Waals surface area contributed by atoms with Crippen LogP contribution in [0, 0.1) is 6.92 Å². The first-order valence-electron chi connectivity index (χ1n) is 5.83. The Hall–Kier alpha value is -1.32. The second kappa shape index (κ2) is 6.22. The molecule has 0 aromatic heterocycles. The molecule has 19 heavy (non-hydrogen) atoms. The highest BCUT2D eigenvalue weighted by molar-refractivity contribution is 9.08. The van der Waals surface area contributed by atoms with Gasteiger partial charge >= 0.3 is 0 Å². The summed E-state index contributed by atoms with van der Waals surface area (Å²) < 4.78 is 0. The van der Waals surface area contributed by atoms with Crippen LogP contribution in [0.1, 0.15) is 21.5 Å². The SMILES string of the molecule is Cc1c(Cl)cccc1NC(=O)c1ccc(CBr)cc1. The Morgan fingerprint density at radius 2 is 1.89 bits per heavy atom. The fourth-order valence-electron chi connectivity index (χ4n) is 1.68. The lowest BCUT2D eigenvalue weighted by Crippen LogP contribution is -2.12. The average Bonchev–Trinajstić information content (AvgIpc) is 2.44. The molecule has 2 rings (SSSR count). The Labute approximate surface area is 125 Å². The van der Waals surface area contributed by atoms with Gasteiger partial charge in [-0.2, -0.15) is 0 Å². The molecule has 0 atom stereocenters. The number of carbonyl (C=O) groups is 1. The largest absolute Gasteiger partial charge is 0.322 e. The van der Waals surface area contributed by atoms with E-state index in [2.05, 4.69) is 21.2 Å². The van der Waals surface area contributed by atoms with Gasteiger partial charge in [0.1, 0.15) is 0 Å². The van der Waals surface area contributed by atoms with Crippen LogP contribution < -0.4 is 5.32 Å². The summed E-state index contributed by atoms with van der Waals surface area (Å²) in [7, 11) is 0. The van der Waals surface area contributed by atoms with E-state index in [4.69, 9.17) is 11.6 Å². The standard InChI is InChI=1S/C15H13BrClNO/c1-10-13(17)3-2-4-14(10)18-15(19)12-7-5-11(9-16)6-8-12/h2-8H,9H2,1H3,(H,18,19). The first kappa shape index (κ1) is 14.1. The van der Waals surface area contributed by atoms with Crippen LogP contribution >= 0.6 is 27.5 Å². The van der Waals surface area contributed by atoms with E-state index in [-0.39, 0.29) is 5.91 Å². The van der Waals surface area contributed by atoms with E-state index >= 15 is 0 Å². The van der Waals surface area contributed by atoms with Crippen molar-refractivity contribution in [2.45, 2.75) is 12.3 Å². The summed E-state index contributed by atoms with van der Waals surface area (Å²) in [4.78, 5) is 12.1. The fraction of sp³-hybridized carbons (Fsp3) is 0.133. The molecule has 0 fully saturated rings. The van der Waals surface area contributed by atoms with E-state index in [1.165, 1.54) is 0 Å². The molecular weight excluding hydrogens is 326 g/mol. The van der Waals surface area contributed by atoms with Crippen molar-refractivity contribution < 1.29 is 4.79 Å². The number of benzene rings is 2. The Morgan fingerprint density at radius 3 is 2.53 bits per heavy atom. The van der Waals surface area contributed by atoms with Gasteiger partial charge in [0.25, 0.3) is 5.91 Å². The summed E-state index contributed by atoms with van der Waals surface area (Å²) in [6.07, 6.45) is 0. The van der Waals surface area contributed by atoms with Crippen LogP contribution in [-0.2, 0) is 5.33 Å². The summed E-state index contributed by atoms with van der Waals surface area (Å²) >= 11 is 9.40. The second-order valence-electron chi connectivity index (χ2n) is 4.20. The highest BCUT2D eigenvalue weighted by Gasteiger charge is 2.08. The van der Waals surface area contributed by atoms with Crippen LogP contribution in [0.4, 0.5) is 5.69 Å². The third-order valence-electron chi connectivity index (χ3n) is 2.89. The maximum Gasteiger partial charge on any atom is 0.255 e. The van der Waals surface area contributed by atoms with E-state index < -0.39 is 0 Å². The Kier molecular flexibility index (Phi) is 4.61. The summed E-state index contributed by atoms with van der Waals surface area (Å²) in [5.41, 5.74) is 3.37. The average molecular weight is 339 g/mol. The molecule has 1 amide bonds. The molecule has 0 radical (unpaired) electrons. The van der Waals surface area contributed by atoms with Gasteiger partial charge in [-0.05, 0) is 42.3 Å². The van der Waals surface area contributed by atoms with Crippen molar-refractivity contribution in [2.24, 2.45) is 0 Å². The van der Waals surface area contributed by atoms with Crippen molar-refractivity contribution in [1.29, 1.82) is 0 Å².